The maximum absolute atomic E-state index is 12.8. The number of aromatic amines is 2. The summed E-state index contributed by atoms with van der Waals surface area (Å²) in [4.78, 5) is 31.1. The van der Waals surface area contributed by atoms with Gasteiger partial charge in [-0.2, -0.15) is 5.10 Å². The van der Waals surface area contributed by atoms with Gasteiger partial charge in [0.2, 0.25) is 0 Å². The second-order valence-electron chi connectivity index (χ2n) is 5.89. The molecule has 0 saturated heterocycles. The summed E-state index contributed by atoms with van der Waals surface area (Å²) in [5, 5.41) is 9.96. The molecule has 3 N–H and O–H groups in total. The van der Waals surface area contributed by atoms with Gasteiger partial charge in [0.25, 0.3) is 5.91 Å². The maximum atomic E-state index is 12.8. The second-order valence-corrected chi connectivity index (χ2v) is 6.33. The lowest BCUT2D eigenvalue weighted by molar-refractivity contribution is 0.0951. The van der Waals surface area contributed by atoms with Crippen molar-refractivity contribution in [1.29, 1.82) is 0 Å². The molecule has 27 heavy (non-hydrogen) atoms. The van der Waals surface area contributed by atoms with Crippen LogP contribution in [0.3, 0.4) is 0 Å². The number of aromatic nitrogens is 4. The predicted octanol–water partition coefficient (Wildman–Crippen LogP) is 2.90. The third-order valence-electron chi connectivity index (χ3n) is 4.05. The largest absolute Gasteiger partial charge is 0.345 e. The Kier molecular flexibility index (Phi) is 4.43. The topological polar surface area (TPSA) is 104 Å². The Morgan fingerprint density at radius 2 is 1.93 bits per heavy atom. The summed E-state index contributed by atoms with van der Waals surface area (Å²) < 4.78 is 0. The molecule has 0 aliphatic heterocycles. The van der Waals surface area contributed by atoms with Gasteiger partial charge in [0.1, 0.15) is 5.82 Å². The smallest absolute Gasteiger partial charge is 0.340 e. The number of amides is 1. The molecular weight excluding hydrogens is 366 g/mol. The molecule has 0 radical (unpaired) electrons. The van der Waals surface area contributed by atoms with Crippen LogP contribution < -0.4 is 11.0 Å². The van der Waals surface area contributed by atoms with Crippen molar-refractivity contribution in [3.63, 3.8) is 0 Å². The van der Waals surface area contributed by atoms with Gasteiger partial charge in [-0.05, 0) is 24.3 Å². The minimum absolute atomic E-state index is 0.0859. The molecule has 0 aliphatic rings. The molecule has 0 unspecified atom stereocenters. The molecule has 0 saturated carbocycles. The van der Waals surface area contributed by atoms with Crippen molar-refractivity contribution in [2.45, 2.75) is 6.54 Å². The molecule has 0 spiro atoms. The first kappa shape index (κ1) is 17.0. The molecule has 0 atom stereocenters. The van der Waals surface area contributed by atoms with Gasteiger partial charge in [-0.1, -0.05) is 41.9 Å². The van der Waals surface area contributed by atoms with E-state index in [1.807, 2.05) is 30.3 Å². The van der Waals surface area contributed by atoms with Crippen molar-refractivity contribution >= 4 is 28.4 Å². The zero-order valence-electron chi connectivity index (χ0n) is 14.0. The van der Waals surface area contributed by atoms with E-state index in [1.54, 1.807) is 24.3 Å². The first-order chi connectivity index (χ1) is 13.1. The van der Waals surface area contributed by atoms with E-state index in [2.05, 4.69) is 25.5 Å². The van der Waals surface area contributed by atoms with Gasteiger partial charge in [-0.15, -0.1) is 0 Å². The summed E-state index contributed by atoms with van der Waals surface area (Å²) in [5.41, 5.74) is 2.27. The van der Waals surface area contributed by atoms with E-state index >= 15 is 0 Å². The summed E-state index contributed by atoms with van der Waals surface area (Å²) in [6.45, 7) is 0.0859. The SMILES string of the molecule is O=C(NCc1n[nH]c(=O)[nH]1)c1cc(-c2ccccc2)nc2ccc(Cl)cc12. The number of carbonyl (C=O) groups is 1. The maximum Gasteiger partial charge on any atom is 0.340 e. The molecule has 2 aromatic carbocycles. The molecule has 0 aliphatic carbocycles. The number of hydrogen-bond donors (Lipinski definition) is 3. The van der Waals surface area contributed by atoms with Gasteiger partial charge < -0.3 is 5.32 Å². The van der Waals surface area contributed by atoms with Crippen LogP contribution in [0, 0.1) is 0 Å². The van der Waals surface area contributed by atoms with Crippen molar-refractivity contribution in [2.24, 2.45) is 0 Å². The highest BCUT2D eigenvalue weighted by atomic mass is 35.5. The zero-order chi connectivity index (χ0) is 18.8. The van der Waals surface area contributed by atoms with Crippen molar-refractivity contribution in [3.8, 4) is 11.3 Å². The number of carbonyl (C=O) groups excluding carboxylic acids is 1. The highest BCUT2D eigenvalue weighted by Crippen LogP contribution is 2.27. The summed E-state index contributed by atoms with van der Waals surface area (Å²) >= 11 is 6.11. The first-order valence-corrected chi connectivity index (χ1v) is 8.55. The van der Waals surface area contributed by atoms with Crippen LogP contribution in [0.4, 0.5) is 0 Å². The average molecular weight is 380 g/mol. The standard InChI is InChI=1S/C19H14ClN5O2/c20-12-6-7-15-13(8-12)14(9-16(22-15)11-4-2-1-3-5-11)18(26)21-10-17-23-19(27)25-24-17/h1-9H,10H2,(H,21,26)(H2,23,24,25,27). The Balaban J connectivity index is 1.75. The number of hydrogen-bond acceptors (Lipinski definition) is 4. The van der Waals surface area contributed by atoms with E-state index in [0.717, 1.165) is 5.56 Å². The van der Waals surface area contributed by atoms with Crippen LogP contribution in [-0.2, 0) is 6.54 Å². The van der Waals surface area contributed by atoms with E-state index in [4.69, 9.17) is 11.6 Å². The van der Waals surface area contributed by atoms with Crippen molar-refractivity contribution in [1.82, 2.24) is 25.5 Å². The Morgan fingerprint density at radius 1 is 1.11 bits per heavy atom. The summed E-state index contributed by atoms with van der Waals surface area (Å²) in [5.74, 6) is 0.0266. The van der Waals surface area contributed by atoms with Crippen LogP contribution in [0.5, 0.6) is 0 Å². The number of nitrogens with one attached hydrogen (secondary N) is 3. The zero-order valence-corrected chi connectivity index (χ0v) is 14.7. The number of halogens is 1. The summed E-state index contributed by atoms with van der Waals surface area (Å²) in [6.07, 6.45) is 0. The average Bonchev–Trinajstić information content (AvgIpc) is 3.11. The molecule has 7 nitrogen and oxygen atoms in total. The normalized spacial score (nSPS) is 10.9. The minimum Gasteiger partial charge on any atom is -0.345 e. The van der Waals surface area contributed by atoms with E-state index in [1.165, 1.54) is 0 Å². The molecule has 8 heteroatoms. The van der Waals surface area contributed by atoms with Crippen molar-refractivity contribution in [2.75, 3.05) is 0 Å². The molecule has 134 valence electrons. The number of fused-ring (bicyclic) bond motifs is 1. The van der Waals surface area contributed by atoms with E-state index in [0.29, 0.717) is 33.0 Å². The number of rotatable bonds is 4. The fourth-order valence-corrected chi connectivity index (χ4v) is 2.96. The molecular formula is C19H14ClN5O2. The Bertz CT molecular complexity index is 1180. The van der Waals surface area contributed by atoms with Crippen LogP contribution in [0.25, 0.3) is 22.2 Å². The Morgan fingerprint density at radius 3 is 2.67 bits per heavy atom. The van der Waals surface area contributed by atoms with E-state index in [-0.39, 0.29) is 12.5 Å². The molecule has 4 rings (SSSR count). The van der Waals surface area contributed by atoms with Crippen molar-refractivity contribution in [3.05, 3.63) is 81.5 Å². The molecule has 2 heterocycles. The fraction of sp³-hybridized carbons (Fsp3) is 0.0526. The summed E-state index contributed by atoms with van der Waals surface area (Å²) in [6, 6.07) is 16.6. The number of pyridine rings is 1. The van der Waals surface area contributed by atoms with Gasteiger partial charge in [0, 0.05) is 16.0 Å². The monoisotopic (exact) mass is 379 g/mol. The highest BCUT2D eigenvalue weighted by Gasteiger charge is 2.15. The lowest BCUT2D eigenvalue weighted by Gasteiger charge is -2.10. The highest BCUT2D eigenvalue weighted by molar-refractivity contribution is 6.31. The Hall–Kier alpha value is -3.45. The van der Waals surface area contributed by atoms with Crippen LogP contribution in [0.1, 0.15) is 16.2 Å². The second kappa shape index (κ2) is 7.05. The van der Waals surface area contributed by atoms with E-state index in [9.17, 15) is 9.59 Å². The van der Waals surface area contributed by atoms with Crippen LogP contribution in [-0.4, -0.2) is 26.1 Å². The minimum atomic E-state index is -0.424. The molecule has 4 aromatic rings. The fourth-order valence-electron chi connectivity index (χ4n) is 2.79. The molecule has 0 fully saturated rings. The third-order valence-corrected chi connectivity index (χ3v) is 4.29. The molecule has 2 aromatic heterocycles. The number of benzene rings is 2. The number of H-pyrrole nitrogens is 2. The van der Waals surface area contributed by atoms with Gasteiger partial charge in [-0.25, -0.2) is 14.9 Å². The van der Waals surface area contributed by atoms with Crippen LogP contribution >= 0.6 is 11.6 Å². The van der Waals surface area contributed by atoms with E-state index < -0.39 is 5.69 Å². The van der Waals surface area contributed by atoms with Gasteiger partial charge in [0.05, 0.1) is 23.3 Å². The Labute approximate surface area is 158 Å². The van der Waals surface area contributed by atoms with Crippen LogP contribution in [0.2, 0.25) is 5.02 Å². The van der Waals surface area contributed by atoms with Crippen molar-refractivity contribution < 1.29 is 4.79 Å². The molecule has 1 amide bonds. The predicted molar refractivity (Wildman–Crippen MR) is 103 cm³/mol. The number of nitrogens with zero attached hydrogens (tertiary/aromatic N) is 2. The van der Waals surface area contributed by atoms with Gasteiger partial charge in [0.15, 0.2) is 0 Å². The van der Waals surface area contributed by atoms with Gasteiger partial charge >= 0.3 is 5.69 Å². The molecule has 0 bridgehead atoms. The van der Waals surface area contributed by atoms with Gasteiger partial charge in [-0.3, -0.25) is 9.78 Å². The lowest BCUT2D eigenvalue weighted by atomic mass is 10.0. The quantitative estimate of drug-likeness (QED) is 0.507. The first-order valence-electron chi connectivity index (χ1n) is 8.17. The third kappa shape index (κ3) is 3.58. The summed E-state index contributed by atoms with van der Waals surface area (Å²) in [7, 11) is 0. The lowest BCUT2D eigenvalue weighted by Crippen LogP contribution is -2.24. The van der Waals surface area contributed by atoms with Crippen LogP contribution in [0.15, 0.2) is 59.4 Å².